The van der Waals surface area contributed by atoms with Gasteiger partial charge in [0.1, 0.15) is 5.75 Å². The summed E-state index contributed by atoms with van der Waals surface area (Å²) in [7, 11) is -1.91. The second-order valence-electron chi connectivity index (χ2n) is 2.97. The summed E-state index contributed by atoms with van der Waals surface area (Å²) in [5, 5.41) is 0.527. The van der Waals surface area contributed by atoms with Crippen LogP contribution in [0.5, 0.6) is 5.75 Å². The van der Waals surface area contributed by atoms with E-state index in [9.17, 15) is 8.42 Å². The number of sulfonamides is 1. The molecule has 0 atom stereocenters. The van der Waals surface area contributed by atoms with Crippen molar-refractivity contribution in [2.75, 3.05) is 17.6 Å². The standard InChI is InChI=1S/C9H11Cl2NO3S/c1-3-16(13,14)12-8-4-7(11)9(15-2)5-6(8)10/h4-5,12H,3H2,1-2H3. The number of rotatable bonds is 4. The van der Waals surface area contributed by atoms with E-state index in [1.807, 2.05) is 0 Å². The van der Waals surface area contributed by atoms with Gasteiger partial charge in [-0.25, -0.2) is 8.42 Å². The minimum atomic E-state index is -3.37. The minimum absolute atomic E-state index is 0.0347. The Balaban J connectivity index is 3.12. The average Bonchev–Trinajstić information content (AvgIpc) is 2.22. The maximum atomic E-state index is 11.3. The highest BCUT2D eigenvalue weighted by molar-refractivity contribution is 7.92. The fourth-order valence-electron chi connectivity index (χ4n) is 1.00. The molecule has 7 heteroatoms. The molecule has 16 heavy (non-hydrogen) atoms. The van der Waals surface area contributed by atoms with E-state index >= 15 is 0 Å². The van der Waals surface area contributed by atoms with Gasteiger partial charge in [-0.2, -0.15) is 0 Å². The largest absolute Gasteiger partial charge is 0.495 e. The Labute approximate surface area is 105 Å². The molecule has 1 aromatic rings. The molecule has 0 amide bonds. The van der Waals surface area contributed by atoms with Crippen molar-refractivity contribution in [1.29, 1.82) is 0 Å². The van der Waals surface area contributed by atoms with Crippen LogP contribution in [0.2, 0.25) is 10.0 Å². The number of hydrogen-bond acceptors (Lipinski definition) is 3. The van der Waals surface area contributed by atoms with Crippen LogP contribution < -0.4 is 9.46 Å². The summed E-state index contributed by atoms with van der Waals surface area (Å²) in [4.78, 5) is 0. The lowest BCUT2D eigenvalue weighted by Gasteiger charge is -2.10. The van der Waals surface area contributed by atoms with Crippen LogP contribution in [0.1, 0.15) is 6.92 Å². The van der Waals surface area contributed by atoms with Crippen molar-refractivity contribution in [3.63, 3.8) is 0 Å². The molecule has 0 fully saturated rings. The lowest BCUT2D eigenvalue weighted by molar-refractivity contribution is 0.415. The van der Waals surface area contributed by atoms with E-state index in [0.717, 1.165) is 0 Å². The van der Waals surface area contributed by atoms with Crippen LogP contribution in [0, 0.1) is 0 Å². The Bertz CT molecular complexity index is 488. The van der Waals surface area contributed by atoms with Gasteiger partial charge < -0.3 is 4.74 Å². The first-order chi connectivity index (χ1) is 7.39. The molecule has 0 unspecified atom stereocenters. The fourth-order valence-corrected chi connectivity index (χ4v) is 2.15. The van der Waals surface area contributed by atoms with Crippen molar-refractivity contribution in [2.24, 2.45) is 0 Å². The zero-order valence-corrected chi connectivity index (χ0v) is 11.1. The smallest absolute Gasteiger partial charge is 0.232 e. The highest BCUT2D eigenvalue weighted by atomic mass is 35.5. The molecule has 0 radical (unpaired) electrons. The third-order valence-corrected chi connectivity index (χ3v) is 3.79. The number of anilines is 1. The Morgan fingerprint density at radius 1 is 1.31 bits per heavy atom. The molecule has 0 heterocycles. The summed E-state index contributed by atoms with van der Waals surface area (Å²) in [6.07, 6.45) is 0. The third-order valence-electron chi connectivity index (χ3n) is 1.89. The van der Waals surface area contributed by atoms with Crippen LogP contribution in [0.4, 0.5) is 5.69 Å². The second-order valence-corrected chi connectivity index (χ2v) is 5.80. The summed E-state index contributed by atoms with van der Waals surface area (Å²) in [5.74, 6) is 0.360. The Kier molecular flexibility index (Phi) is 4.29. The molecular formula is C9H11Cl2NO3S. The van der Waals surface area contributed by atoms with E-state index in [0.29, 0.717) is 10.8 Å². The molecule has 1 N–H and O–H groups in total. The monoisotopic (exact) mass is 283 g/mol. The summed E-state index contributed by atoms with van der Waals surface area (Å²) < 4.78 is 30.0. The van der Waals surface area contributed by atoms with Gasteiger partial charge in [-0.3, -0.25) is 4.72 Å². The summed E-state index contributed by atoms with van der Waals surface area (Å²) >= 11 is 11.7. The highest BCUT2D eigenvalue weighted by Crippen LogP contribution is 2.34. The molecule has 0 saturated heterocycles. The first-order valence-electron chi connectivity index (χ1n) is 4.43. The number of methoxy groups -OCH3 is 1. The number of nitrogens with one attached hydrogen (secondary N) is 1. The summed E-state index contributed by atoms with van der Waals surface area (Å²) in [6.45, 7) is 1.53. The van der Waals surface area contributed by atoms with Crippen LogP contribution in [0.25, 0.3) is 0 Å². The molecule has 0 bridgehead atoms. The van der Waals surface area contributed by atoms with Crippen molar-refractivity contribution in [3.05, 3.63) is 22.2 Å². The van der Waals surface area contributed by atoms with Crippen molar-refractivity contribution in [3.8, 4) is 5.75 Å². The Morgan fingerprint density at radius 3 is 2.44 bits per heavy atom. The molecule has 1 rings (SSSR count). The predicted octanol–water partition coefficient (Wildman–Crippen LogP) is 2.76. The molecule has 0 saturated carbocycles. The van der Waals surface area contributed by atoms with E-state index in [1.54, 1.807) is 0 Å². The molecule has 0 spiro atoms. The van der Waals surface area contributed by atoms with Gasteiger partial charge in [-0.15, -0.1) is 0 Å². The molecule has 90 valence electrons. The van der Waals surface area contributed by atoms with E-state index in [2.05, 4.69) is 4.72 Å². The molecule has 0 aromatic heterocycles. The molecule has 4 nitrogen and oxygen atoms in total. The summed E-state index contributed by atoms with van der Waals surface area (Å²) in [6, 6.07) is 2.87. The van der Waals surface area contributed by atoms with Crippen LogP contribution in [-0.2, 0) is 10.0 Å². The Hall–Kier alpha value is -0.650. The zero-order chi connectivity index (χ0) is 12.3. The molecule has 0 aliphatic carbocycles. The summed E-state index contributed by atoms with van der Waals surface area (Å²) in [5.41, 5.74) is 0.245. The van der Waals surface area contributed by atoms with Crippen LogP contribution in [0.3, 0.4) is 0 Å². The van der Waals surface area contributed by atoms with Gasteiger partial charge in [0.2, 0.25) is 10.0 Å². The average molecular weight is 284 g/mol. The SMILES string of the molecule is CCS(=O)(=O)Nc1cc(Cl)c(OC)cc1Cl. The van der Waals surface area contributed by atoms with Crippen molar-refractivity contribution in [1.82, 2.24) is 0 Å². The molecule has 0 aliphatic heterocycles. The maximum absolute atomic E-state index is 11.3. The van der Waals surface area contributed by atoms with Gasteiger partial charge in [-0.1, -0.05) is 23.2 Å². The fraction of sp³-hybridized carbons (Fsp3) is 0.333. The van der Waals surface area contributed by atoms with Crippen LogP contribution >= 0.6 is 23.2 Å². The van der Waals surface area contributed by atoms with Crippen molar-refractivity contribution >= 4 is 38.9 Å². The highest BCUT2D eigenvalue weighted by Gasteiger charge is 2.12. The lowest BCUT2D eigenvalue weighted by Crippen LogP contribution is -2.14. The zero-order valence-electron chi connectivity index (χ0n) is 8.75. The van der Waals surface area contributed by atoms with Gasteiger partial charge in [0.25, 0.3) is 0 Å². The second kappa shape index (κ2) is 5.12. The maximum Gasteiger partial charge on any atom is 0.232 e. The topological polar surface area (TPSA) is 55.4 Å². The quantitative estimate of drug-likeness (QED) is 0.925. The van der Waals surface area contributed by atoms with E-state index < -0.39 is 10.0 Å². The van der Waals surface area contributed by atoms with E-state index in [-0.39, 0.29) is 16.5 Å². The number of hydrogen-bond donors (Lipinski definition) is 1. The lowest BCUT2D eigenvalue weighted by atomic mass is 10.3. The first-order valence-corrected chi connectivity index (χ1v) is 6.84. The van der Waals surface area contributed by atoms with Gasteiger partial charge in [0, 0.05) is 6.07 Å². The Morgan fingerprint density at radius 2 is 1.94 bits per heavy atom. The van der Waals surface area contributed by atoms with Gasteiger partial charge in [-0.05, 0) is 13.0 Å². The predicted molar refractivity (Wildman–Crippen MR) is 66.1 cm³/mol. The van der Waals surface area contributed by atoms with Gasteiger partial charge in [0.15, 0.2) is 0 Å². The molecular weight excluding hydrogens is 273 g/mol. The minimum Gasteiger partial charge on any atom is -0.495 e. The van der Waals surface area contributed by atoms with Crippen molar-refractivity contribution < 1.29 is 13.2 Å². The van der Waals surface area contributed by atoms with Crippen LogP contribution in [0.15, 0.2) is 12.1 Å². The molecule has 0 aliphatic rings. The third kappa shape index (κ3) is 3.17. The van der Waals surface area contributed by atoms with Crippen molar-refractivity contribution in [2.45, 2.75) is 6.92 Å². The van der Waals surface area contributed by atoms with Gasteiger partial charge in [0.05, 0.1) is 28.6 Å². The number of ether oxygens (including phenoxy) is 1. The number of halogens is 2. The first kappa shape index (κ1) is 13.4. The normalized spacial score (nSPS) is 11.2. The van der Waals surface area contributed by atoms with E-state index in [1.165, 1.54) is 26.2 Å². The van der Waals surface area contributed by atoms with E-state index in [4.69, 9.17) is 27.9 Å². The van der Waals surface area contributed by atoms with Crippen LogP contribution in [-0.4, -0.2) is 21.3 Å². The van der Waals surface area contributed by atoms with Gasteiger partial charge >= 0.3 is 0 Å². The molecule has 1 aromatic carbocycles. The number of benzene rings is 1.